The number of nitrogens with one attached hydrogen (secondary N) is 3. The predicted molar refractivity (Wildman–Crippen MR) is 382 cm³/mol. The highest BCUT2D eigenvalue weighted by Gasteiger charge is 2.51. The molecule has 12 amide bonds. The first kappa shape index (κ1) is 85.0. The minimum atomic E-state index is -4.82. The number of rotatable bonds is 12. The topological polar surface area (TPSA) is 273 Å². The maximum atomic E-state index is 15.6. The van der Waals surface area contributed by atoms with Crippen LogP contribution in [0, 0.1) is 17.8 Å². The molecule has 1 unspecified atom stereocenters. The molecular weight excluding hydrogens is 1390 g/mol. The van der Waals surface area contributed by atoms with Gasteiger partial charge in [-0.1, -0.05) is 96.7 Å². The molecule has 6 aliphatic rings. The number of piperidine rings is 2. The number of aryl methyl sites for hydroxylation is 1. The van der Waals surface area contributed by atoms with E-state index in [0.717, 1.165) is 76.3 Å². The van der Waals surface area contributed by atoms with Gasteiger partial charge in [-0.05, 0) is 126 Å². The summed E-state index contributed by atoms with van der Waals surface area (Å²) in [7, 11) is 9.54. The summed E-state index contributed by atoms with van der Waals surface area (Å²) in [6.45, 7) is 9.29. The van der Waals surface area contributed by atoms with Crippen LogP contribution >= 0.6 is 11.6 Å². The molecule has 0 bridgehead atoms. The van der Waals surface area contributed by atoms with E-state index in [2.05, 4.69) is 16.0 Å². The van der Waals surface area contributed by atoms with Gasteiger partial charge in [0.15, 0.2) is 0 Å². The van der Waals surface area contributed by atoms with E-state index in [4.69, 9.17) is 11.6 Å². The number of alkyl halides is 5. The number of fused-ring (bicyclic) bond motifs is 1. The van der Waals surface area contributed by atoms with Crippen molar-refractivity contribution in [3.63, 3.8) is 0 Å². The molecular formula is C74H113ClF5N13O12. The van der Waals surface area contributed by atoms with E-state index in [1.165, 1.54) is 87.7 Å². The summed E-state index contributed by atoms with van der Waals surface area (Å²) in [5, 5.41) is 7.86. The zero-order valence-corrected chi connectivity index (χ0v) is 64.4. The normalized spacial score (nSPS) is 28.1. The Labute approximate surface area is 620 Å². The molecule has 4 aliphatic heterocycles. The van der Waals surface area contributed by atoms with Crippen LogP contribution in [0.4, 0.5) is 22.0 Å². The fraction of sp³-hybridized carbons (Fsp3) is 0.757. The lowest BCUT2D eigenvalue weighted by atomic mass is 9.84. The third kappa shape index (κ3) is 20.7. The maximum Gasteiger partial charge on any atom is 0.417 e. The first-order valence-corrected chi connectivity index (χ1v) is 37.9. The molecule has 2 saturated carbocycles. The number of likely N-dealkylation sites (tertiary alicyclic amines) is 2. The Bertz CT molecular complexity index is 3310. The van der Waals surface area contributed by atoms with Gasteiger partial charge in [-0.15, -0.1) is 0 Å². The van der Waals surface area contributed by atoms with E-state index in [1.807, 2.05) is 6.92 Å². The van der Waals surface area contributed by atoms with E-state index < -0.39 is 185 Å². The Kier molecular flexibility index (Phi) is 29.6. The van der Waals surface area contributed by atoms with Gasteiger partial charge in [0.05, 0.1) is 30.1 Å². The van der Waals surface area contributed by atoms with Gasteiger partial charge in [0, 0.05) is 81.9 Å². The second-order valence-corrected chi connectivity index (χ2v) is 31.2. The van der Waals surface area contributed by atoms with Gasteiger partial charge in [0.25, 0.3) is 5.92 Å². The molecule has 2 aliphatic carbocycles. The summed E-state index contributed by atoms with van der Waals surface area (Å²) in [5.74, 6) is -13.0. The zero-order chi connectivity index (χ0) is 77.9. The molecule has 1 spiro atoms. The molecule has 0 aromatic heterocycles. The largest absolute Gasteiger partial charge is 0.417 e. The van der Waals surface area contributed by atoms with Crippen molar-refractivity contribution in [2.75, 3.05) is 95.1 Å². The Hall–Kier alpha value is -7.24. The average molecular weight is 1510 g/mol. The van der Waals surface area contributed by atoms with Crippen LogP contribution in [0.25, 0.3) is 0 Å². The minimum Gasteiger partial charge on any atom is -0.343 e. The summed E-state index contributed by atoms with van der Waals surface area (Å²) in [4.78, 5) is 193. The van der Waals surface area contributed by atoms with Crippen LogP contribution in [0.5, 0.6) is 0 Å². The van der Waals surface area contributed by atoms with Crippen molar-refractivity contribution in [1.29, 1.82) is 0 Å². The van der Waals surface area contributed by atoms with Crippen LogP contribution in [-0.2, 0) is 70.1 Å². The standard InChI is InChI=1S/C74H113ClF5N13O12/c1-14-46(4)60-69(103)86(9)48(6)64(98)93-39-31-55(93)67(101)88(11)56(41-49-24-17-15-18-25-49)66(100)84(7)43-58(94)81-53(29-27-50-26-28-51(52(75)40-50)74(78,79)80)65(99)87(10)54(30-38-91-35-23-34-73(76,77)44-91)63(97)83-72(32-19-20-33-72)71(105)90(13)61(45(2)3)70(104)89(12)57(68(102)92-36-21-16-22-37-92)42-59(95)85(8)47(5)62(96)82-60/h26,28,40,45-49,53-57,60-61H,14-25,27,29-39,41-44H2,1-13H3,(H,81,94)(H,82,96)(H,83,97)/t46-,47-,48-,53-,54-,55?,56-,57-,60-,61-/m0/s1. The SMILES string of the molecule is CC[C@H](C)[C@@H]1NC(=O)[C@H](C)N(C)C(=O)C[C@@H](C(=O)N2CCCCC2)N(C)C(=O)[C@H](C(C)C)N(C)C(=O)C2(CCCC2)NC(=O)[C@H](CCN2CCCC(F)(F)C2)N(C)C(=O)[C@H](CCc2ccc(C(F)(F)F)c(Cl)c2)NC(=O)CN(C)C(=O)[C@H](CC2CCCCC2)N(C)C(=O)C2CCN2C(=O)[C@H](C)N(C)C1=O. The van der Waals surface area contributed by atoms with Crippen molar-refractivity contribution in [3.8, 4) is 0 Å². The van der Waals surface area contributed by atoms with Crippen LogP contribution in [0.15, 0.2) is 18.2 Å². The molecule has 1 aromatic rings. The van der Waals surface area contributed by atoms with E-state index in [0.29, 0.717) is 45.2 Å². The highest BCUT2D eigenvalue weighted by molar-refractivity contribution is 6.31. The third-order valence-corrected chi connectivity index (χ3v) is 23.4. The molecule has 0 radical (unpaired) electrons. The number of halogens is 6. The van der Waals surface area contributed by atoms with Gasteiger partial charge in [-0.25, -0.2) is 8.78 Å². The third-order valence-electron chi connectivity index (χ3n) is 23.1. The first-order chi connectivity index (χ1) is 49.3. The number of hydrogen-bond donors (Lipinski definition) is 3. The second kappa shape index (κ2) is 36.6. The van der Waals surface area contributed by atoms with Crippen LogP contribution in [0.2, 0.25) is 5.02 Å². The Balaban J connectivity index is 1.31. The van der Waals surface area contributed by atoms with Crippen LogP contribution in [-0.4, -0.2) is 281 Å². The van der Waals surface area contributed by atoms with Crippen molar-refractivity contribution < 1.29 is 79.5 Å². The van der Waals surface area contributed by atoms with Crippen molar-refractivity contribution in [3.05, 3.63) is 34.3 Å². The van der Waals surface area contributed by atoms with Crippen LogP contribution in [0.3, 0.4) is 0 Å². The fourth-order valence-corrected chi connectivity index (χ4v) is 16.1. The second-order valence-electron chi connectivity index (χ2n) is 30.8. The van der Waals surface area contributed by atoms with Gasteiger partial charge < -0.3 is 60.0 Å². The monoisotopic (exact) mass is 1510 g/mol. The van der Waals surface area contributed by atoms with Crippen molar-refractivity contribution in [2.45, 2.75) is 248 Å². The van der Waals surface area contributed by atoms with Gasteiger partial charge in [-0.2, -0.15) is 13.2 Å². The molecule has 4 heterocycles. The van der Waals surface area contributed by atoms with Gasteiger partial charge >= 0.3 is 6.18 Å². The number of hydrogen-bond acceptors (Lipinski definition) is 13. The lowest BCUT2D eigenvalue weighted by molar-refractivity contribution is -0.160. The average Bonchev–Trinajstić information content (AvgIpc) is 1.42. The molecule has 1 aromatic carbocycles. The smallest absolute Gasteiger partial charge is 0.343 e. The number of likely N-dealkylation sites (N-methyl/N-ethyl adjacent to an activating group) is 7. The maximum absolute atomic E-state index is 15.6. The fourth-order valence-electron chi connectivity index (χ4n) is 15.8. The predicted octanol–water partition coefficient (Wildman–Crippen LogP) is 5.96. The van der Waals surface area contributed by atoms with Crippen LogP contribution in [0.1, 0.15) is 181 Å². The molecule has 7 rings (SSSR count). The molecule has 6 fully saturated rings. The minimum absolute atomic E-state index is 0.0245. The van der Waals surface area contributed by atoms with Gasteiger partial charge in [-0.3, -0.25) is 62.4 Å². The Morgan fingerprint density at radius 2 is 1.27 bits per heavy atom. The highest BCUT2D eigenvalue weighted by Crippen LogP contribution is 2.38. The molecule has 4 saturated heterocycles. The van der Waals surface area contributed by atoms with E-state index in [1.54, 1.807) is 25.7 Å². The van der Waals surface area contributed by atoms with Crippen LogP contribution < -0.4 is 16.0 Å². The van der Waals surface area contributed by atoms with E-state index in [-0.39, 0.29) is 88.9 Å². The van der Waals surface area contributed by atoms with Crippen molar-refractivity contribution in [1.82, 2.24) is 64.9 Å². The number of nitrogens with zero attached hydrogens (tertiary/aromatic N) is 10. The number of carbonyl (C=O) groups excluding carboxylic acids is 12. The lowest BCUT2D eigenvalue weighted by Crippen LogP contribution is -2.65. The molecule has 588 valence electrons. The summed E-state index contributed by atoms with van der Waals surface area (Å²) >= 11 is 6.18. The molecule has 3 N–H and O–H groups in total. The summed E-state index contributed by atoms with van der Waals surface area (Å²) < 4.78 is 72.1. The highest BCUT2D eigenvalue weighted by atomic mass is 35.5. The van der Waals surface area contributed by atoms with E-state index >= 15 is 32.8 Å². The number of amides is 12. The summed E-state index contributed by atoms with van der Waals surface area (Å²) in [6.07, 6.45) is 1.42. The number of benzene rings is 1. The van der Waals surface area contributed by atoms with Crippen molar-refractivity contribution >= 4 is 82.5 Å². The molecule has 105 heavy (non-hydrogen) atoms. The first-order valence-electron chi connectivity index (χ1n) is 37.6. The molecule has 10 atom stereocenters. The van der Waals surface area contributed by atoms with Crippen molar-refractivity contribution in [2.24, 2.45) is 17.8 Å². The Morgan fingerprint density at radius 3 is 1.85 bits per heavy atom. The zero-order valence-electron chi connectivity index (χ0n) is 63.6. The summed E-state index contributed by atoms with van der Waals surface area (Å²) in [6, 6.07) is -8.94. The lowest BCUT2D eigenvalue weighted by Gasteiger charge is -2.45. The molecule has 25 nitrogen and oxygen atoms in total. The molecule has 31 heteroatoms. The van der Waals surface area contributed by atoms with Gasteiger partial charge in [0.1, 0.15) is 59.9 Å². The number of carbonyl (C=O) groups is 12. The Morgan fingerprint density at radius 1 is 0.638 bits per heavy atom. The van der Waals surface area contributed by atoms with E-state index in [9.17, 15) is 46.7 Å². The quantitative estimate of drug-likeness (QED) is 0.204. The summed E-state index contributed by atoms with van der Waals surface area (Å²) in [5.41, 5.74) is -2.66. The van der Waals surface area contributed by atoms with Gasteiger partial charge in [0.2, 0.25) is 70.9 Å².